The molecule has 322 valence electrons. The number of rotatable bonds is 6. The van der Waals surface area contributed by atoms with Gasteiger partial charge in [0.25, 0.3) is 13.4 Å². The van der Waals surface area contributed by atoms with Gasteiger partial charge in [-0.15, -0.1) is 0 Å². The normalized spacial score (nSPS) is 15.2. The molecule has 8 aromatic rings. The highest BCUT2D eigenvalue weighted by atomic mass is 15.2. The molecule has 1 aliphatic carbocycles. The molecule has 3 nitrogen and oxygen atoms in total. The standard InChI is InChI=1S/C62H53B2N3/c1-36-9-19-44(20-10-36)65(45-21-11-37(2)12-22-45)56-35-57(66(46-23-13-38(3)14-24-46)47-25-15-39(4)16-26-47)61-62-60(56)63-52-27-17-40(5)29-48(52)50-31-42(7)33-54(58(50)63)67(62)55-34-43(8)32-51-49-30-41(6)18-28-53(49)64(61)59(51)55/h9-15,17-35,39H,16H2,1-8H3. The quantitative estimate of drug-likeness (QED) is 0.154. The summed E-state index contributed by atoms with van der Waals surface area (Å²) >= 11 is 0. The van der Waals surface area contributed by atoms with Crippen LogP contribution in [0.15, 0.2) is 163 Å². The Kier molecular flexibility index (Phi) is 8.75. The summed E-state index contributed by atoms with van der Waals surface area (Å²) in [5, 5.41) is 0. The molecule has 0 N–H and O–H groups in total. The van der Waals surface area contributed by atoms with Gasteiger partial charge in [0.15, 0.2) is 0 Å². The highest BCUT2D eigenvalue weighted by Gasteiger charge is 2.53. The van der Waals surface area contributed by atoms with Crippen LogP contribution in [0.3, 0.4) is 0 Å². The zero-order valence-corrected chi connectivity index (χ0v) is 39.8. The topological polar surface area (TPSA) is 9.72 Å². The van der Waals surface area contributed by atoms with E-state index < -0.39 is 0 Å². The van der Waals surface area contributed by atoms with E-state index in [0.29, 0.717) is 5.92 Å². The van der Waals surface area contributed by atoms with Crippen molar-refractivity contribution in [1.29, 1.82) is 0 Å². The number of anilines is 8. The lowest BCUT2D eigenvalue weighted by Crippen LogP contribution is -2.64. The van der Waals surface area contributed by atoms with Gasteiger partial charge in [-0.2, -0.15) is 0 Å². The second-order valence-electron chi connectivity index (χ2n) is 20.3. The maximum Gasteiger partial charge on any atom is 0.250 e. The van der Waals surface area contributed by atoms with Crippen LogP contribution in [0, 0.1) is 54.4 Å². The first-order valence-electron chi connectivity index (χ1n) is 24.2. The Hall–Kier alpha value is -7.23. The summed E-state index contributed by atoms with van der Waals surface area (Å²) in [6.45, 7) is 18.0. The van der Waals surface area contributed by atoms with E-state index in [2.05, 4.69) is 228 Å². The van der Waals surface area contributed by atoms with Crippen molar-refractivity contribution in [2.75, 3.05) is 14.7 Å². The minimum absolute atomic E-state index is 0.000772. The second-order valence-corrected chi connectivity index (χ2v) is 20.3. The molecule has 0 aromatic heterocycles. The fraction of sp³-hybridized carbons (Fsp3) is 0.161. The monoisotopic (exact) mass is 861 g/mol. The molecule has 1 unspecified atom stereocenters. The summed E-state index contributed by atoms with van der Waals surface area (Å²) < 4.78 is 0. The van der Waals surface area contributed by atoms with E-state index in [9.17, 15) is 0 Å². The van der Waals surface area contributed by atoms with Crippen LogP contribution in [0.1, 0.15) is 52.3 Å². The highest BCUT2D eigenvalue weighted by Crippen LogP contribution is 2.50. The lowest BCUT2D eigenvalue weighted by molar-refractivity contribution is 0.728. The van der Waals surface area contributed by atoms with Crippen LogP contribution in [0.4, 0.5) is 45.5 Å². The minimum Gasteiger partial charge on any atom is -0.312 e. The van der Waals surface area contributed by atoms with Crippen molar-refractivity contribution in [2.24, 2.45) is 5.92 Å². The molecule has 0 radical (unpaired) electrons. The molecular formula is C62H53B2N3. The first-order chi connectivity index (χ1) is 32.5. The number of fused-ring (bicyclic) bond motifs is 10. The Bertz CT molecular complexity index is 3430. The van der Waals surface area contributed by atoms with Gasteiger partial charge in [0.2, 0.25) is 0 Å². The van der Waals surface area contributed by atoms with Crippen molar-refractivity contribution < 1.29 is 0 Å². The lowest BCUT2D eigenvalue weighted by Gasteiger charge is -2.46. The van der Waals surface area contributed by atoms with E-state index in [0.717, 1.165) is 23.5 Å². The van der Waals surface area contributed by atoms with Crippen LogP contribution in [-0.4, -0.2) is 13.4 Å². The molecule has 0 saturated carbocycles. The molecular weight excluding hydrogens is 808 g/mol. The maximum absolute atomic E-state index is 2.74. The molecule has 8 aromatic carbocycles. The van der Waals surface area contributed by atoms with Gasteiger partial charge >= 0.3 is 0 Å². The molecule has 5 aliphatic rings. The molecule has 0 saturated heterocycles. The Morgan fingerprint density at radius 1 is 0.433 bits per heavy atom. The largest absolute Gasteiger partial charge is 0.312 e. The summed E-state index contributed by atoms with van der Waals surface area (Å²) in [6.07, 6.45) is 8.25. The van der Waals surface area contributed by atoms with Crippen LogP contribution >= 0.6 is 0 Å². The first kappa shape index (κ1) is 40.1. The predicted octanol–water partition coefficient (Wildman–Crippen LogP) is 12.0. The number of nitrogens with zero attached hydrogens (tertiary/aromatic N) is 3. The van der Waals surface area contributed by atoms with Gasteiger partial charge in [0.05, 0.1) is 0 Å². The summed E-state index contributed by atoms with van der Waals surface area (Å²) in [6, 6.07) is 54.6. The molecule has 4 heterocycles. The van der Waals surface area contributed by atoms with Gasteiger partial charge in [0, 0.05) is 51.2 Å². The average Bonchev–Trinajstić information content (AvgIpc) is 3.80. The SMILES string of the molecule is Cc1ccc(N(C2=CCC(C)C=C2)c2cc(N(c3ccc(C)cc3)c3ccc(C)cc3)c3c4c2B2c5ccc(C)cc5-c5cc(C)cc(c52)N4c2cc(C)cc4c2B3c2ccc(C)cc2-4)cc1. The van der Waals surface area contributed by atoms with Crippen molar-refractivity contribution in [2.45, 2.75) is 61.8 Å². The second kappa shape index (κ2) is 14.6. The Morgan fingerprint density at radius 3 is 1.30 bits per heavy atom. The molecule has 13 rings (SSSR count). The fourth-order valence-corrected chi connectivity index (χ4v) is 12.2. The third-order valence-electron chi connectivity index (χ3n) is 15.3. The van der Waals surface area contributed by atoms with E-state index in [1.54, 1.807) is 0 Å². The average molecular weight is 862 g/mol. The van der Waals surface area contributed by atoms with Crippen LogP contribution in [0.25, 0.3) is 22.3 Å². The Balaban J connectivity index is 1.26. The molecule has 67 heavy (non-hydrogen) atoms. The van der Waals surface area contributed by atoms with Crippen LogP contribution < -0.4 is 47.5 Å². The zero-order valence-electron chi connectivity index (χ0n) is 39.8. The van der Waals surface area contributed by atoms with E-state index in [4.69, 9.17) is 0 Å². The fourth-order valence-electron chi connectivity index (χ4n) is 12.2. The third-order valence-corrected chi connectivity index (χ3v) is 15.3. The van der Waals surface area contributed by atoms with E-state index in [-0.39, 0.29) is 13.4 Å². The Morgan fingerprint density at radius 2 is 0.851 bits per heavy atom. The molecule has 0 amide bonds. The minimum atomic E-state index is 0.000772. The third kappa shape index (κ3) is 5.93. The summed E-state index contributed by atoms with van der Waals surface area (Å²) in [4.78, 5) is 7.92. The van der Waals surface area contributed by atoms with Gasteiger partial charge < -0.3 is 14.7 Å². The number of hydrogen-bond acceptors (Lipinski definition) is 3. The van der Waals surface area contributed by atoms with Crippen molar-refractivity contribution in [3.63, 3.8) is 0 Å². The lowest BCUT2D eigenvalue weighted by atomic mass is 9.31. The zero-order chi connectivity index (χ0) is 45.6. The van der Waals surface area contributed by atoms with Crippen molar-refractivity contribution in [1.82, 2.24) is 0 Å². The van der Waals surface area contributed by atoms with Crippen LogP contribution in [0.5, 0.6) is 0 Å². The molecule has 4 aliphatic heterocycles. The predicted molar refractivity (Wildman–Crippen MR) is 289 cm³/mol. The van der Waals surface area contributed by atoms with Crippen molar-refractivity contribution in [3.05, 3.63) is 202 Å². The van der Waals surface area contributed by atoms with Crippen LogP contribution in [-0.2, 0) is 0 Å². The number of aryl methyl sites for hydroxylation is 7. The van der Waals surface area contributed by atoms with Crippen molar-refractivity contribution >= 4 is 91.7 Å². The first-order valence-corrected chi connectivity index (χ1v) is 24.2. The number of benzene rings is 8. The van der Waals surface area contributed by atoms with E-state index in [1.165, 1.54) is 128 Å². The van der Waals surface area contributed by atoms with E-state index >= 15 is 0 Å². The number of allylic oxidation sites excluding steroid dienone is 3. The van der Waals surface area contributed by atoms with Gasteiger partial charge in [-0.05, 0) is 177 Å². The van der Waals surface area contributed by atoms with E-state index in [1.807, 2.05) is 0 Å². The van der Waals surface area contributed by atoms with Crippen LogP contribution in [0.2, 0.25) is 0 Å². The Labute approximate surface area is 396 Å². The molecule has 1 atom stereocenters. The molecule has 0 bridgehead atoms. The van der Waals surface area contributed by atoms with Gasteiger partial charge in [-0.25, -0.2) is 0 Å². The highest BCUT2D eigenvalue weighted by molar-refractivity contribution is 7.06. The maximum atomic E-state index is 2.74. The smallest absolute Gasteiger partial charge is 0.250 e. The molecule has 0 fully saturated rings. The van der Waals surface area contributed by atoms with Gasteiger partial charge in [-0.3, -0.25) is 0 Å². The summed E-state index contributed by atoms with van der Waals surface area (Å²) in [5.41, 5.74) is 33.6. The van der Waals surface area contributed by atoms with Gasteiger partial charge in [0.1, 0.15) is 0 Å². The summed E-state index contributed by atoms with van der Waals surface area (Å²) in [7, 11) is 0. The summed E-state index contributed by atoms with van der Waals surface area (Å²) in [5.74, 6) is 0.470. The van der Waals surface area contributed by atoms with Crippen molar-refractivity contribution in [3.8, 4) is 22.3 Å². The number of hydrogen-bond donors (Lipinski definition) is 0. The molecule has 5 heteroatoms. The van der Waals surface area contributed by atoms with Gasteiger partial charge in [-0.1, -0.05) is 143 Å². The molecule has 0 spiro atoms.